The molecule has 0 spiro atoms. The van der Waals surface area contributed by atoms with Crippen molar-refractivity contribution in [1.29, 1.82) is 0 Å². The van der Waals surface area contributed by atoms with E-state index in [0.717, 1.165) is 31.2 Å². The first-order valence-corrected chi connectivity index (χ1v) is 12.3. The monoisotopic (exact) mass is 482 g/mol. The van der Waals surface area contributed by atoms with Crippen molar-refractivity contribution in [3.63, 3.8) is 0 Å². The van der Waals surface area contributed by atoms with E-state index in [1.807, 2.05) is 24.3 Å². The molecular formula is C26H34N4O5. The molecule has 9 heteroatoms. The van der Waals surface area contributed by atoms with E-state index in [2.05, 4.69) is 17.3 Å². The first kappa shape index (κ1) is 24.8. The number of carbonyl (C=O) groups excluding carboxylic acids is 3. The molecule has 1 aromatic heterocycles. The molecule has 0 saturated heterocycles. The predicted octanol–water partition coefficient (Wildman–Crippen LogP) is 3.18. The van der Waals surface area contributed by atoms with Gasteiger partial charge in [0.2, 0.25) is 5.91 Å². The highest BCUT2D eigenvalue weighted by Gasteiger charge is 2.48. The van der Waals surface area contributed by atoms with Gasteiger partial charge in [0.1, 0.15) is 17.0 Å². The molecule has 1 N–H and O–H groups in total. The summed E-state index contributed by atoms with van der Waals surface area (Å²) in [4.78, 5) is 41.3. The molecule has 0 unspecified atom stereocenters. The Kier molecular flexibility index (Phi) is 7.14. The van der Waals surface area contributed by atoms with Crippen LogP contribution in [0.1, 0.15) is 73.0 Å². The summed E-state index contributed by atoms with van der Waals surface area (Å²) in [5, 5.41) is 7.52. The van der Waals surface area contributed by atoms with Crippen molar-refractivity contribution in [1.82, 2.24) is 20.0 Å². The normalized spacial score (nSPS) is 24.0. The van der Waals surface area contributed by atoms with Crippen molar-refractivity contribution in [2.24, 2.45) is 5.92 Å². The van der Waals surface area contributed by atoms with E-state index in [1.165, 1.54) is 10.7 Å². The third-order valence-electron chi connectivity index (χ3n) is 7.10. The molecule has 188 valence electrons. The maximum atomic E-state index is 13.7. The van der Waals surface area contributed by atoms with Crippen LogP contribution in [-0.4, -0.2) is 57.8 Å². The summed E-state index contributed by atoms with van der Waals surface area (Å²) < 4.78 is 11.9. The maximum absolute atomic E-state index is 13.7. The number of benzene rings is 1. The number of aromatic nitrogens is 2. The summed E-state index contributed by atoms with van der Waals surface area (Å²) in [5.74, 6) is 0.157. The van der Waals surface area contributed by atoms with Gasteiger partial charge in [-0.2, -0.15) is 5.10 Å². The van der Waals surface area contributed by atoms with Crippen LogP contribution in [0.25, 0.3) is 0 Å². The Labute approximate surface area is 205 Å². The second-order valence-corrected chi connectivity index (χ2v) is 9.74. The lowest BCUT2D eigenvalue weighted by Crippen LogP contribution is -2.64. The molecule has 35 heavy (non-hydrogen) atoms. The van der Waals surface area contributed by atoms with Crippen LogP contribution in [0.4, 0.5) is 0 Å². The number of ether oxygens (including phenoxy) is 2. The van der Waals surface area contributed by atoms with Crippen LogP contribution in [0.2, 0.25) is 0 Å². The molecule has 9 nitrogen and oxygen atoms in total. The van der Waals surface area contributed by atoms with E-state index in [-0.39, 0.29) is 48.9 Å². The minimum absolute atomic E-state index is 0.0578. The van der Waals surface area contributed by atoms with Crippen LogP contribution in [0, 0.1) is 5.92 Å². The number of hydrogen-bond acceptors (Lipinski definition) is 6. The average Bonchev–Trinajstić information content (AvgIpc) is 3.27. The van der Waals surface area contributed by atoms with E-state index in [1.54, 1.807) is 25.9 Å². The predicted molar refractivity (Wildman–Crippen MR) is 129 cm³/mol. The number of nitrogens with zero attached hydrogens (tertiary/aromatic N) is 3. The summed E-state index contributed by atoms with van der Waals surface area (Å²) in [6, 6.07) is 8.96. The van der Waals surface area contributed by atoms with E-state index >= 15 is 0 Å². The number of methoxy groups -OCH3 is 1. The van der Waals surface area contributed by atoms with Gasteiger partial charge in [-0.1, -0.05) is 19.1 Å². The Hall–Kier alpha value is -3.36. The molecule has 2 aromatic rings. The van der Waals surface area contributed by atoms with Crippen molar-refractivity contribution in [3.8, 4) is 5.75 Å². The van der Waals surface area contributed by atoms with Gasteiger partial charge in [0.15, 0.2) is 5.69 Å². The molecule has 2 amide bonds. The van der Waals surface area contributed by atoms with Gasteiger partial charge in [-0.05, 0) is 63.1 Å². The molecular weight excluding hydrogens is 448 g/mol. The zero-order valence-electron chi connectivity index (χ0n) is 20.9. The van der Waals surface area contributed by atoms with Gasteiger partial charge in [0, 0.05) is 18.7 Å². The number of fused-ring (bicyclic) bond motifs is 1. The number of rotatable bonds is 7. The van der Waals surface area contributed by atoms with Crippen LogP contribution in [0.5, 0.6) is 5.75 Å². The SMILES string of the molecule is CCOC(=O)c1cc2n(n1)C[C@@](C)(C(=O)NC1CCC(C)CC1)N(Cc1cccc(OC)c1)C2=O. The van der Waals surface area contributed by atoms with E-state index < -0.39 is 11.5 Å². The second kappa shape index (κ2) is 10.1. The van der Waals surface area contributed by atoms with Crippen molar-refractivity contribution in [3.05, 3.63) is 47.3 Å². The Morgan fingerprint density at radius 2 is 1.94 bits per heavy atom. The molecule has 1 aromatic carbocycles. The average molecular weight is 483 g/mol. The lowest BCUT2D eigenvalue weighted by molar-refractivity contribution is -0.134. The van der Waals surface area contributed by atoms with Gasteiger partial charge >= 0.3 is 5.97 Å². The topological polar surface area (TPSA) is 103 Å². The zero-order valence-corrected chi connectivity index (χ0v) is 20.9. The van der Waals surface area contributed by atoms with Gasteiger partial charge < -0.3 is 19.7 Å². The molecule has 1 saturated carbocycles. The third-order valence-corrected chi connectivity index (χ3v) is 7.10. The largest absolute Gasteiger partial charge is 0.497 e. The lowest BCUT2D eigenvalue weighted by Gasteiger charge is -2.44. The minimum atomic E-state index is -1.20. The zero-order chi connectivity index (χ0) is 25.2. The van der Waals surface area contributed by atoms with Crippen LogP contribution < -0.4 is 10.1 Å². The van der Waals surface area contributed by atoms with Gasteiger partial charge in [-0.15, -0.1) is 0 Å². The summed E-state index contributed by atoms with van der Waals surface area (Å²) in [6.45, 7) is 6.25. The Morgan fingerprint density at radius 3 is 2.63 bits per heavy atom. The summed E-state index contributed by atoms with van der Waals surface area (Å²) in [6.07, 6.45) is 3.99. The maximum Gasteiger partial charge on any atom is 0.358 e. The molecule has 1 atom stereocenters. The molecule has 1 aliphatic carbocycles. The first-order valence-electron chi connectivity index (χ1n) is 12.3. The van der Waals surface area contributed by atoms with Gasteiger partial charge in [-0.25, -0.2) is 4.79 Å². The van der Waals surface area contributed by atoms with Crippen LogP contribution in [0.15, 0.2) is 30.3 Å². The van der Waals surface area contributed by atoms with Crippen LogP contribution >= 0.6 is 0 Å². The standard InChI is InChI=1S/C26H34N4O5/c1-5-35-24(32)21-14-22-23(31)29(15-18-7-6-8-20(13-18)34-4)26(3,16-30(22)28-21)25(33)27-19-11-9-17(2)10-12-19/h6-8,13-14,17,19H,5,9-12,15-16H2,1-4H3,(H,27,33)/t17?,19?,26-/m0/s1. The smallest absolute Gasteiger partial charge is 0.358 e. The van der Waals surface area contributed by atoms with Gasteiger partial charge in [-0.3, -0.25) is 14.3 Å². The van der Waals surface area contributed by atoms with E-state index in [9.17, 15) is 14.4 Å². The molecule has 1 fully saturated rings. The summed E-state index contributed by atoms with van der Waals surface area (Å²) in [5.41, 5.74) is -0.0503. The Morgan fingerprint density at radius 1 is 1.20 bits per heavy atom. The van der Waals surface area contributed by atoms with Crippen molar-refractivity contribution in [2.45, 2.75) is 71.1 Å². The highest BCUT2D eigenvalue weighted by atomic mass is 16.5. The number of esters is 1. The van der Waals surface area contributed by atoms with Crippen molar-refractivity contribution < 1.29 is 23.9 Å². The van der Waals surface area contributed by atoms with Gasteiger partial charge in [0.05, 0.1) is 20.3 Å². The van der Waals surface area contributed by atoms with Crippen molar-refractivity contribution >= 4 is 17.8 Å². The Bertz CT molecular complexity index is 1100. The number of hydrogen-bond donors (Lipinski definition) is 1. The lowest BCUT2D eigenvalue weighted by atomic mass is 9.86. The van der Waals surface area contributed by atoms with E-state index in [0.29, 0.717) is 11.7 Å². The fourth-order valence-corrected chi connectivity index (χ4v) is 4.89. The third kappa shape index (κ3) is 5.04. The highest BCUT2D eigenvalue weighted by molar-refractivity contribution is 6.01. The summed E-state index contributed by atoms with van der Waals surface area (Å²) >= 11 is 0. The number of nitrogens with one attached hydrogen (secondary N) is 1. The van der Waals surface area contributed by atoms with Crippen molar-refractivity contribution in [2.75, 3.05) is 13.7 Å². The van der Waals surface area contributed by atoms with Crippen LogP contribution in [0.3, 0.4) is 0 Å². The fourth-order valence-electron chi connectivity index (χ4n) is 4.89. The molecule has 1 aliphatic heterocycles. The van der Waals surface area contributed by atoms with E-state index in [4.69, 9.17) is 9.47 Å². The van der Waals surface area contributed by atoms with Crippen LogP contribution in [-0.2, 0) is 22.6 Å². The highest BCUT2D eigenvalue weighted by Crippen LogP contribution is 2.31. The minimum Gasteiger partial charge on any atom is -0.497 e. The molecule has 0 radical (unpaired) electrons. The fraction of sp³-hybridized carbons (Fsp3) is 0.538. The molecule has 4 rings (SSSR count). The second-order valence-electron chi connectivity index (χ2n) is 9.74. The number of carbonyl (C=O) groups is 3. The molecule has 2 heterocycles. The summed E-state index contributed by atoms with van der Waals surface area (Å²) in [7, 11) is 1.59. The quantitative estimate of drug-likeness (QED) is 0.608. The number of amides is 2. The molecule has 2 aliphatic rings. The molecule has 0 bridgehead atoms. The first-order chi connectivity index (χ1) is 16.7. The van der Waals surface area contributed by atoms with Gasteiger partial charge in [0.25, 0.3) is 5.91 Å². The Balaban J connectivity index is 1.67.